The number of carbonyl (C=O) groups is 1. The Morgan fingerprint density at radius 3 is 2.52 bits per heavy atom. The Bertz CT molecular complexity index is 1150. The molecule has 0 amide bonds. The third kappa shape index (κ3) is 5.64. The van der Waals surface area contributed by atoms with E-state index >= 15 is 0 Å². The van der Waals surface area contributed by atoms with Crippen molar-refractivity contribution in [3.05, 3.63) is 57.2 Å². The number of hydrogen-bond acceptors (Lipinski definition) is 7. The number of ether oxygens (including phenoxy) is 1. The van der Waals surface area contributed by atoms with Crippen molar-refractivity contribution in [3.63, 3.8) is 0 Å². The lowest BCUT2D eigenvalue weighted by atomic mass is 10.0. The largest absolute Gasteiger partial charge is 0.465 e. The first-order valence-corrected chi connectivity index (χ1v) is 12.2. The van der Waals surface area contributed by atoms with Crippen LogP contribution in [0.1, 0.15) is 30.5 Å². The molecule has 1 N–H and O–H groups in total. The van der Waals surface area contributed by atoms with Crippen molar-refractivity contribution >= 4 is 51.4 Å². The van der Waals surface area contributed by atoms with Crippen LogP contribution in [-0.4, -0.2) is 39.9 Å². The van der Waals surface area contributed by atoms with Gasteiger partial charge in [-0.05, 0) is 51.0 Å². The summed E-state index contributed by atoms with van der Waals surface area (Å²) in [7, 11) is 0. The van der Waals surface area contributed by atoms with E-state index in [9.17, 15) is 9.59 Å². The molecule has 0 fully saturated rings. The van der Waals surface area contributed by atoms with E-state index in [1.54, 1.807) is 47.8 Å². The number of fused-ring (bicyclic) bond motifs is 2. The zero-order chi connectivity index (χ0) is 22.6. The number of carbonyl (C=O) groups excluding carboxylic acids is 1. The predicted octanol–water partition coefficient (Wildman–Crippen LogP) is 4.84. The fourth-order valence-corrected chi connectivity index (χ4v) is 5.43. The number of esters is 1. The Kier molecular flexibility index (Phi) is 7.73. The van der Waals surface area contributed by atoms with Crippen molar-refractivity contribution < 1.29 is 19.1 Å². The van der Waals surface area contributed by atoms with Gasteiger partial charge in [-0.3, -0.25) is 9.59 Å². The third-order valence-corrected chi connectivity index (χ3v) is 7.99. The highest BCUT2D eigenvalue weighted by Gasteiger charge is 2.19. The summed E-state index contributed by atoms with van der Waals surface area (Å²) in [5, 5.41) is 9.99. The molecular formula is C24H28O5S2. The van der Waals surface area contributed by atoms with Gasteiger partial charge >= 0.3 is 5.97 Å². The highest BCUT2D eigenvalue weighted by molar-refractivity contribution is 8.18. The van der Waals surface area contributed by atoms with Gasteiger partial charge in [0.15, 0.2) is 0 Å². The summed E-state index contributed by atoms with van der Waals surface area (Å²) < 4.78 is 11.5. The van der Waals surface area contributed by atoms with Crippen LogP contribution < -0.4 is 5.43 Å². The van der Waals surface area contributed by atoms with Gasteiger partial charge in [-0.15, -0.1) is 23.5 Å². The average molecular weight is 461 g/mol. The Hall–Kier alpha value is -1.96. The molecule has 0 unspecified atom stereocenters. The highest BCUT2D eigenvalue weighted by Crippen LogP contribution is 2.35. The minimum absolute atomic E-state index is 0.0456. The van der Waals surface area contributed by atoms with Crippen LogP contribution in [-0.2, 0) is 16.0 Å². The number of hydrogen-bond donors (Lipinski definition) is 1. The topological polar surface area (TPSA) is 76.7 Å². The lowest BCUT2D eigenvalue weighted by Gasteiger charge is -2.22. The summed E-state index contributed by atoms with van der Waals surface area (Å²) in [5.41, 5.74) is 3.54. The average Bonchev–Trinajstić information content (AvgIpc) is 2.73. The van der Waals surface area contributed by atoms with E-state index in [0.717, 1.165) is 11.1 Å². The molecule has 0 spiro atoms. The Morgan fingerprint density at radius 2 is 1.77 bits per heavy atom. The smallest absolute Gasteiger partial charge is 0.310 e. The van der Waals surface area contributed by atoms with E-state index in [0.29, 0.717) is 45.6 Å². The molecule has 5 nitrogen and oxygen atoms in total. The monoisotopic (exact) mass is 460 g/mol. The first kappa shape index (κ1) is 23.7. The van der Waals surface area contributed by atoms with Gasteiger partial charge in [-0.2, -0.15) is 0 Å². The molecule has 166 valence electrons. The van der Waals surface area contributed by atoms with Crippen LogP contribution >= 0.6 is 23.5 Å². The summed E-state index contributed by atoms with van der Waals surface area (Å²) in [6.45, 7) is 8.55. The van der Waals surface area contributed by atoms with E-state index in [2.05, 4.69) is 13.8 Å². The lowest BCUT2D eigenvalue weighted by molar-refractivity contribution is -0.142. The van der Waals surface area contributed by atoms with Crippen molar-refractivity contribution in [2.45, 2.75) is 38.2 Å². The van der Waals surface area contributed by atoms with E-state index in [4.69, 9.17) is 14.3 Å². The van der Waals surface area contributed by atoms with Crippen LogP contribution in [0.3, 0.4) is 0 Å². The summed E-state index contributed by atoms with van der Waals surface area (Å²) in [5.74, 6) is 1.00. The third-order valence-electron chi connectivity index (χ3n) is 5.14. The Balaban J connectivity index is 1.74. The molecule has 0 radical (unpaired) electrons. The van der Waals surface area contributed by atoms with Gasteiger partial charge < -0.3 is 14.3 Å². The maximum atomic E-state index is 13.0. The fraction of sp³-hybridized carbons (Fsp3) is 0.417. The van der Waals surface area contributed by atoms with Crippen molar-refractivity contribution in [2.75, 3.05) is 24.7 Å². The van der Waals surface area contributed by atoms with Crippen molar-refractivity contribution in [3.8, 4) is 0 Å². The summed E-state index contributed by atoms with van der Waals surface area (Å²) in [4.78, 5) is 25.4. The quantitative estimate of drug-likeness (QED) is 0.212. The van der Waals surface area contributed by atoms with Gasteiger partial charge in [0.2, 0.25) is 5.43 Å². The fourth-order valence-electron chi connectivity index (χ4n) is 3.35. The molecule has 3 aromatic rings. The number of aliphatic hydroxyl groups is 1. The number of para-hydroxylation sites is 1. The second kappa shape index (κ2) is 10.1. The van der Waals surface area contributed by atoms with Crippen molar-refractivity contribution in [1.82, 2.24) is 0 Å². The number of aliphatic hydroxyl groups excluding tert-OH is 1. The van der Waals surface area contributed by atoms with Gasteiger partial charge in [0.25, 0.3) is 0 Å². The SMILES string of the molecule is Cc1ccc2c(=O)c3cccc(CC(=O)OCCSC(C)(C)SCCO)c3oc2c1C. The lowest BCUT2D eigenvalue weighted by Crippen LogP contribution is -2.16. The second-order valence-electron chi connectivity index (χ2n) is 7.83. The minimum atomic E-state index is -0.349. The Labute approximate surface area is 190 Å². The van der Waals surface area contributed by atoms with Crippen LogP contribution in [0.25, 0.3) is 21.9 Å². The summed E-state index contributed by atoms with van der Waals surface area (Å²) in [6.07, 6.45) is 0.0456. The molecule has 0 aliphatic carbocycles. The van der Waals surface area contributed by atoms with E-state index in [-0.39, 0.29) is 28.5 Å². The minimum Gasteiger partial charge on any atom is -0.465 e. The highest BCUT2D eigenvalue weighted by atomic mass is 32.2. The molecule has 0 aliphatic rings. The molecule has 0 aliphatic heterocycles. The molecule has 31 heavy (non-hydrogen) atoms. The van der Waals surface area contributed by atoms with E-state index < -0.39 is 0 Å². The van der Waals surface area contributed by atoms with Gasteiger partial charge in [0.1, 0.15) is 17.8 Å². The standard InChI is InChI=1S/C24H28O5S2/c1-15-8-9-19-21(27)18-7-5-6-17(23(18)29-22(19)16(15)2)14-20(26)28-11-13-31-24(3,4)30-12-10-25/h5-9,25H,10-14H2,1-4H3. The molecule has 3 rings (SSSR count). The first-order chi connectivity index (χ1) is 14.7. The van der Waals surface area contributed by atoms with Crippen LogP contribution in [0.4, 0.5) is 0 Å². The maximum Gasteiger partial charge on any atom is 0.310 e. The molecule has 1 heterocycles. The van der Waals surface area contributed by atoms with Gasteiger partial charge in [-0.25, -0.2) is 0 Å². The molecular weight excluding hydrogens is 432 g/mol. The number of aryl methyl sites for hydroxylation is 2. The molecule has 0 saturated carbocycles. The van der Waals surface area contributed by atoms with Gasteiger partial charge in [0.05, 0.1) is 27.9 Å². The molecule has 7 heteroatoms. The van der Waals surface area contributed by atoms with Gasteiger partial charge in [-0.1, -0.05) is 18.2 Å². The summed E-state index contributed by atoms with van der Waals surface area (Å²) in [6, 6.07) is 9.01. The second-order valence-corrected chi connectivity index (χ2v) is 11.5. The number of thioether (sulfide) groups is 2. The van der Waals surface area contributed by atoms with Crippen molar-refractivity contribution in [1.29, 1.82) is 0 Å². The predicted molar refractivity (Wildman–Crippen MR) is 130 cm³/mol. The first-order valence-electron chi connectivity index (χ1n) is 10.2. The Morgan fingerprint density at radius 1 is 1.06 bits per heavy atom. The van der Waals surface area contributed by atoms with Gasteiger partial charge in [0, 0.05) is 17.1 Å². The molecule has 0 bridgehead atoms. The van der Waals surface area contributed by atoms with Crippen LogP contribution in [0, 0.1) is 13.8 Å². The number of benzene rings is 2. The molecule has 0 saturated heterocycles. The van der Waals surface area contributed by atoms with E-state index in [1.165, 1.54) is 0 Å². The number of rotatable bonds is 9. The molecule has 2 aromatic carbocycles. The van der Waals surface area contributed by atoms with Crippen LogP contribution in [0.5, 0.6) is 0 Å². The molecule has 0 atom stereocenters. The van der Waals surface area contributed by atoms with Crippen LogP contribution in [0.2, 0.25) is 0 Å². The normalized spacial score (nSPS) is 11.9. The molecule has 1 aromatic heterocycles. The zero-order valence-electron chi connectivity index (χ0n) is 18.3. The zero-order valence-corrected chi connectivity index (χ0v) is 20.0. The van der Waals surface area contributed by atoms with Crippen LogP contribution in [0.15, 0.2) is 39.5 Å². The van der Waals surface area contributed by atoms with Crippen molar-refractivity contribution in [2.24, 2.45) is 0 Å². The maximum absolute atomic E-state index is 13.0. The summed E-state index contributed by atoms with van der Waals surface area (Å²) >= 11 is 3.37. The van der Waals surface area contributed by atoms with E-state index in [1.807, 2.05) is 19.9 Å².